The summed E-state index contributed by atoms with van der Waals surface area (Å²) >= 11 is 1.40. The molecule has 0 radical (unpaired) electrons. The summed E-state index contributed by atoms with van der Waals surface area (Å²) in [7, 11) is 0. The van der Waals surface area contributed by atoms with Crippen molar-refractivity contribution in [1.29, 1.82) is 0 Å². The SMILES string of the molecule is Cc1cccc(F)c1CC(=O)c1cc2c(s1)-c1ccccc1N(C(=O)c1ccc(NC(=O)c3cc4ccccc4nc3N3CC4(CCOCC4)C3)cc1)CC2. The molecule has 0 aliphatic carbocycles. The third-order valence-electron chi connectivity index (χ3n) is 11.3. The van der Waals surface area contributed by atoms with Crippen LogP contribution < -0.4 is 15.1 Å². The van der Waals surface area contributed by atoms with Gasteiger partial charge >= 0.3 is 0 Å². The number of ketones is 1. The first kappa shape index (κ1) is 35.0. The molecular weight excluding hydrogens is 712 g/mol. The molecular formula is C45H39FN4O4S. The zero-order chi connectivity index (χ0) is 37.7. The van der Waals surface area contributed by atoms with Crippen LogP contribution in [0, 0.1) is 18.2 Å². The predicted molar refractivity (Wildman–Crippen MR) is 215 cm³/mol. The number of rotatable bonds is 7. The largest absolute Gasteiger partial charge is 0.381 e. The number of para-hydroxylation sites is 2. The Morgan fingerprint density at radius 2 is 1.67 bits per heavy atom. The van der Waals surface area contributed by atoms with Crippen LogP contribution in [0.25, 0.3) is 21.3 Å². The minimum absolute atomic E-state index is 0.00379. The fraction of sp³-hybridized carbons (Fsp3) is 0.244. The van der Waals surface area contributed by atoms with Crippen molar-refractivity contribution in [3.63, 3.8) is 0 Å². The van der Waals surface area contributed by atoms with E-state index in [1.165, 1.54) is 17.4 Å². The molecule has 6 aromatic rings. The smallest absolute Gasteiger partial charge is 0.259 e. The molecule has 3 aliphatic heterocycles. The van der Waals surface area contributed by atoms with Gasteiger partial charge in [-0.3, -0.25) is 14.4 Å². The summed E-state index contributed by atoms with van der Waals surface area (Å²) in [4.78, 5) is 51.9. The van der Waals surface area contributed by atoms with Crippen LogP contribution in [0.4, 0.5) is 21.6 Å². The number of halogens is 1. The molecule has 2 aromatic heterocycles. The number of fused-ring (bicyclic) bond motifs is 4. The molecule has 0 bridgehead atoms. The second-order valence-electron chi connectivity index (χ2n) is 14.9. The van der Waals surface area contributed by atoms with E-state index in [9.17, 15) is 18.8 Å². The zero-order valence-electron chi connectivity index (χ0n) is 30.4. The Morgan fingerprint density at radius 3 is 2.47 bits per heavy atom. The molecule has 3 aliphatic rings. The van der Waals surface area contributed by atoms with E-state index >= 15 is 0 Å². The maximum Gasteiger partial charge on any atom is 0.259 e. The van der Waals surface area contributed by atoms with Gasteiger partial charge in [-0.05, 0) is 97.5 Å². The number of carbonyl (C=O) groups is 3. The summed E-state index contributed by atoms with van der Waals surface area (Å²) in [6.45, 7) is 5.47. The van der Waals surface area contributed by atoms with Gasteiger partial charge in [-0.2, -0.15) is 0 Å². The van der Waals surface area contributed by atoms with Gasteiger partial charge in [-0.1, -0.05) is 48.5 Å². The van der Waals surface area contributed by atoms with Gasteiger partial charge in [0.25, 0.3) is 11.8 Å². The molecule has 8 nitrogen and oxygen atoms in total. The Labute approximate surface area is 322 Å². The number of hydrogen-bond donors (Lipinski definition) is 1. The minimum Gasteiger partial charge on any atom is -0.381 e. The number of carbonyl (C=O) groups excluding carboxylic acids is 3. The van der Waals surface area contributed by atoms with Crippen LogP contribution in [0.5, 0.6) is 0 Å². The minimum atomic E-state index is -0.372. The zero-order valence-corrected chi connectivity index (χ0v) is 31.3. The van der Waals surface area contributed by atoms with E-state index in [0.29, 0.717) is 46.0 Å². The van der Waals surface area contributed by atoms with Crippen LogP contribution in [0.1, 0.15) is 59.9 Å². The molecule has 276 valence electrons. The van der Waals surface area contributed by atoms with E-state index in [-0.39, 0.29) is 35.3 Å². The molecule has 55 heavy (non-hydrogen) atoms. The number of hydrogen-bond acceptors (Lipinski definition) is 7. The second kappa shape index (κ2) is 14.2. The van der Waals surface area contributed by atoms with Gasteiger partial charge in [0.1, 0.15) is 11.6 Å². The number of thiophene rings is 1. The summed E-state index contributed by atoms with van der Waals surface area (Å²) < 4.78 is 20.2. The Morgan fingerprint density at radius 1 is 0.909 bits per heavy atom. The quantitative estimate of drug-likeness (QED) is 0.164. The van der Waals surface area contributed by atoms with Crippen molar-refractivity contribution in [2.75, 3.05) is 48.0 Å². The highest BCUT2D eigenvalue weighted by Gasteiger charge is 2.45. The number of aromatic nitrogens is 1. The number of ether oxygens (including phenoxy) is 1. The monoisotopic (exact) mass is 750 g/mol. The summed E-state index contributed by atoms with van der Waals surface area (Å²) in [5, 5.41) is 3.95. The van der Waals surface area contributed by atoms with Gasteiger partial charge in [-0.15, -0.1) is 11.3 Å². The molecule has 5 heterocycles. The number of benzene rings is 4. The maximum atomic E-state index is 14.6. The molecule has 9 rings (SSSR count). The lowest BCUT2D eigenvalue weighted by atomic mass is 9.73. The number of amides is 2. The third-order valence-corrected chi connectivity index (χ3v) is 12.6. The van der Waals surface area contributed by atoms with Crippen LogP contribution in [0.15, 0.2) is 103 Å². The maximum absolute atomic E-state index is 14.6. The lowest BCUT2D eigenvalue weighted by Crippen LogP contribution is -2.59. The van der Waals surface area contributed by atoms with Crippen molar-refractivity contribution < 1.29 is 23.5 Å². The summed E-state index contributed by atoms with van der Waals surface area (Å²) in [5.41, 5.74) is 6.45. The van der Waals surface area contributed by atoms with Crippen molar-refractivity contribution in [1.82, 2.24) is 4.98 Å². The lowest BCUT2D eigenvalue weighted by Gasteiger charge is -2.53. The standard InChI is InChI=1S/C45H39FN4O4S/c1-28-7-6-10-36(46)34(28)25-39(51)40-24-31-17-20-50(38-12-5-3-9-33(38)41(31)55-40)44(53)29-13-15-32(16-14-29)47-43(52)35-23-30-8-2-4-11-37(30)48-42(35)49-26-45(27-49)18-21-54-22-19-45/h2-16,23-24H,17-22,25-27H2,1H3,(H,47,52). The van der Waals surface area contributed by atoms with E-state index in [0.717, 1.165) is 77.3 Å². The van der Waals surface area contributed by atoms with Gasteiger partial charge in [0.2, 0.25) is 0 Å². The Hall–Kier alpha value is -5.71. The van der Waals surface area contributed by atoms with E-state index in [1.807, 2.05) is 73.7 Å². The highest BCUT2D eigenvalue weighted by atomic mass is 32.1. The fourth-order valence-corrected chi connectivity index (χ4v) is 9.36. The lowest BCUT2D eigenvalue weighted by molar-refractivity contribution is -0.000492. The summed E-state index contributed by atoms with van der Waals surface area (Å²) in [6.07, 6.45) is 2.58. The molecule has 1 N–H and O–H groups in total. The molecule has 0 atom stereocenters. The Kier molecular flexibility index (Phi) is 9.02. The molecule has 0 saturated carbocycles. The van der Waals surface area contributed by atoms with Crippen molar-refractivity contribution in [3.8, 4) is 10.4 Å². The molecule has 4 aromatic carbocycles. The van der Waals surface area contributed by atoms with Crippen LogP contribution >= 0.6 is 11.3 Å². The third kappa shape index (κ3) is 6.59. The van der Waals surface area contributed by atoms with E-state index in [2.05, 4.69) is 10.2 Å². The van der Waals surface area contributed by atoms with Gasteiger partial charge in [-0.25, -0.2) is 9.37 Å². The number of aryl methyl sites for hydroxylation is 1. The van der Waals surface area contributed by atoms with Crippen LogP contribution in [-0.4, -0.2) is 55.4 Å². The van der Waals surface area contributed by atoms with Gasteiger partial charge in [0, 0.05) is 71.8 Å². The van der Waals surface area contributed by atoms with Crippen molar-refractivity contribution in [3.05, 3.63) is 142 Å². The Bertz CT molecular complexity index is 2460. The molecule has 2 saturated heterocycles. The van der Waals surface area contributed by atoms with Gasteiger partial charge in [0.05, 0.1) is 21.6 Å². The van der Waals surface area contributed by atoms with Crippen molar-refractivity contribution in [2.24, 2.45) is 5.41 Å². The molecule has 10 heteroatoms. The molecule has 2 amide bonds. The topological polar surface area (TPSA) is 91.8 Å². The van der Waals surface area contributed by atoms with Crippen LogP contribution in [-0.2, 0) is 17.6 Å². The first-order valence-corrected chi connectivity index (χ1v) is 19.5. The average Bonchev–Trinajstić information content (AvgIpc) is 3.56. The fourth-order valence-electron chi connectivity index (χ4n) is 8.18. The van der Waals surface area contributed by atoms with Crippen LogP contribution in [0.2, 0.25) is 0 Å². The van der Waals surface area contributed by atoms with Gasteiger partial charge < -0.3 is 19.9 Å². The average molecular weight is 751 g/mol. The van der Waals surface area contributed by atoms with Gasteiger partial charge in [0.15, 0.2) is 5.78 Å². The second-order valence-corrected chi connectivity index (χ2v) is 15.9. The highest BCUT2D eigenvalue weighted by Crippen LogP contribution is 2.44. The van der Waals surface area contributed by atoms with Crippen molar-refractivity contribution in [2.45, 2.75) is 32.6 Å². The number of pyridine rings is 1. The summed E-state index contributed by atoms with van der Waals surface area (Å²) in [5.74, 6) is -0.225. The number of Topliss-reactive ketones (excluding diaryl/α,β-unsaturated/α-hetero) is 1. The number of anilines is 3. The highest BCUT2D eigenvalue weighted by molar-refractivity contribution is 7.17. The van der Waals surface area contributed by atoms with Crippen molar-refractivity contribution >= 4 is 57.0 Å². The normalized spacial score (nSPS) is 15.9. The number of nitrogens with zero attached hydrogens (tertiary/aromatic N) is 3. The first-order valence-electron chi connectivity index (χ1n) is 18.7. The van der Waals surface area contributed by atoms with E-state index in [4.69, 9.17) is 9.72 Å². The predicted octanol–water partition coefficient (Wildman–Crippen LogP) is 8.91. The first-order chi connectivity index (χ1) is 26.7. The number of nitrogens with one attached hydrogen (secondary N) is 1. The van der Waals surface area contributed by atoms with E-state index in [1.54, 1.807) is 35.2 Å². The molecule has 1 spiro atoms. The molecule has 0 unspecified atom stereocenters. The molecule has 2 fully saturated rings. The summed E-state index contributed by atoms with van der Waals surface area (Å²) in [6, 6.07) is 31.3. The van der Waals surface area contributed by atoms with E-state index < -0.39 is 0 Å². The Balaban J connectivity index is 0.927. The van der Waals surface area contributed by atoms with Crippen LogP contribution in [0.3, 0.4) is 0 Å².